The molecular weight excluding hydrogens is 394 g/mol. The fourth-order valence-electron chi connectivity index (χ4n) is 2.53. The third-order valence-electron chi connectivity index (χ3n) is 4.04. The van der Waals surface area contributed by atoms with E-state index in [1.54, 1.807) is 0 Å². The molecule has 0 saturated carbocycles. The highest BCUT2D eigenvalue weighted by atomic mass is 79.9. The predicted octanol–water partition coefficient (Wildman–Crippen LogP) is 4.17. The van der Waals surface area contributed by atoms with Crippen LogP contribution in [0.5, 0.6) is 0 Å². The maximum atomic E-state index is 12.2. The first-order chi connectivity index (χ1) is 12.4. The molecule has 0 aliphatic heterocycles. The number of rotatable bonds is 5. The maximum Gasteiger partial charge on any atom is 0.248 e. The summed E-state index contributed by atoms with van der Waals surface area (Å²) in [6, 6.07) is 13.8. The van der Waals surface area contributed by atoms with Gasteiger partial charge >= 0.3 is 0 Å². The zero-order valence-electron chi connectivity index (χ0n) is 14.9. The molecule has 0 atom stereocenters. The van der Waals surface area contributed by atoms with Crippen molar-refractivity contribution < 1.29 is 4.79 Å². The first-order valence-corrected chi connectivity index (χ1v) is 9.16. The number of hydrogen-bond acceptors (Lipinski definition) is 4. The summed E-state index contributed by atoms with van der Waals surface area (Å²) in [6.45, 7) is 6.24. The molecular formula is C19H20BrN5O. The van der Waals surface area contributed by atoms with Gasteiger partial charge in [0.25, 0.3) is 0 Å². The van der Waals surface area contributed by atoms with Crippen molar-refractivity contribution in [2.45, 2.75) is 33.2 Å². The van der Waals surface area contributed by atoms with E-state index in [-0.39, 0.29) is 12.5 Å². The van der Waals surface area contributed by atoms with Gasteiger partial charge in [-0.1, -0.05) is 54.0 Å². The number of benzene rings is 2. The number of carbonyl (C=O) groups excluding carboxylic acids is 1. The number of anilines is 1. The van der Waals surface area contributed by atoms with Crippen molar-refractivity contribution in [2.75, 3.05) is 5.32 Å². The molecule has 3 rings (SSSR count). The van der Waals surface area contributed by atoms with Gasteiger partial charge in [0.15, 0.2) is 0 Å². The third-order valence-corrected chi connectivity index (χ3v) is 4.53. The van der Waals surface area contributed by atoms with Crippen LogP contribution < -0.4 is 5.32 Å². The van der Waals surface area contributed by atoms with E-state index in [4.69, 9.17) is 0 Å². The summed E-state index contributed by atoms with van der Waals surface area (Å²) >= 11 is 3.41. The molecule has 3 aromatic rings. The Morgan fingerprint density at radius 3 is 2.58 bits per heavy atom. The van der Waals surface area contributed by atoms with Crippen molar-refractivity contribution in [1.82, 2.24) is 20.2 Å². The molecule has 7 heteroatoms. The Labute approximate surface area is 160 Å². The Morgan fingerprint density at radius 2 is 1.92 bits per heavy atom. The monoisotopic (exact) mass is 413 g/mol. The molecule has 1 N–H and O–H groups in total. The third kappa shape index (κ3) is 4.35. The standard InChI is InChI=1S/C19H20BrN5O/c1-12(2)14-4-6-15(7-5-14)19-22-24-25(23-19)11-18(26)21-17-9-8-16(20)10-13(17)3/h4-10,12H,11H2,1-3H3,(H,21,26). The molecule has 0 radical (unpaired) electrons. The minimum Gasteiger partial charge on any atom is -0.324 e. The number of tetrazole rings is 1. The molecule has 0 spiro atoms. The Balaban J connectivity index is 1.67. The summed E-state index contributed by atoms with van der Waals surface area (Å²) in [7, 11) is 0. The lowest BCUT2D eigenvalue weighted by Gasteiger charge is -2.08. The Kier molecular flexibility index (Phi) is 5.46. The number of nitrogens with one attached hydrogen (secondary N) is 1. The summed E-state index contributed by atoms with van der Waals surface area (Å²) in [5.41, 5.74) is 3.88. The van der Waals surface area contributed by atoms with Gasteiger partial charge < -0.3 is 5.32 Å². The summed E-state index contributed by atoms with van der Waals surface area (Å²) in [5.74, 6) is 0.779. The van der Waals surface area contributed by atoms with Crippen LogP contribution >= 0.6 is 15.9 Å². The number of hydrogen-bond donors (Lipinski definition) is 1. The Morgan fingerprint density at radius 1 is 1.19 bits per heavy atom. The van der Waals surface area contributed by atoms with E-state index < -0.39 is 0 Å². The zero-order chi connectivity index (χ0) is 18.7. The average molecular weight is 414 g/mol. The largest absolute Gasteiger partial charge is 0.324 e. The molecule has 26 heavy (non-hydrogen) atoms. The summed E-state index contributed by atoms with van der Waals surface area (Å²) in [5, 5.41) is 15.2. The zero-order valence-corrected chi connectivity index (χ0v) is 16.5. The predicted molar refractivity (Wildman–Crippen MR) is 105 cm³/mol. The first-order valence-electron chi connectivity index (χ1n) is 8.36. The second kappa shape index (κ2) is 7.78. The highest BCUT2D eigenvalue weighted by molar-refractivity contribution is 9.10. The molecule has 0 aliphatic carbocycles. The number of aromatic nitrogens is 4. The summed E-state index contributed by atoms with van der Waals surface area (Å²) in [6.07, 6.45) is 0. The van der Waals surface area contributed by atoms with Gasteiger partial charge in [-0.25, -0.2) is 0 Å². The van der Waals surface area contributed by atoms with E-state index in [0.29, 0.717) is 11.7 Å². The molecule has 0 bridgehead atoms. The van der Waals surface area contributed by atoms with E-state index in [9.17, 15) is 4.79 Å². The highest BCUT2D eigenvalue weighted by Gasteiger charge is 2.11. The van der Waals surface area contributed by atoms with Crippen molar-refractivity contribution >= 4 is 27.5 Å². The Hall–Kier alpha value is -2.54. The van der Waals surface area contributed by atoms with Crippen LogP contribution in [0.3, 0.4) is 0 Å². The van der Waals surface area contributed by atoms with Crippen LogP contribution in [0.15, 0.2) is 46.9 Å². The van der Waals surface area contributed by atoms with Crippen LogP contribution in [0.4, 0.5) is 5.69 Å². The number of aryl methyl sites for hydroxylation is 1. The molecule has 0 unspecified atom stereocenters. The lowest BCUT2D eigenvalue weighted by molar-refractivity contribution is -0.117. The smallest absolute Gasteiger partial charge is 0.248 e. The molecule has 0 fully saturated rings. The van der Waals surface area contributed by atoms with E-state index in [0.717, 1.165) is 21.3 Å². The van der Waals surface area contributed by atoms with E-state index in [1.165, 1.54) is 10.4 Å². The van der Waals surface area contributed by atoms with Crippen LogP contribution in [0.1, 0.15) is 30.9 Å². The number of nitrogens with zero attached hydrogens (tertiary/aromatic N) is 4. The average Bonchev–Trinajstić information content (AvgIpc) is 3.06. The number of amides is 1. The van der Waals surface area contributed by atoms with Crippen LogP contribution in [0.25, 0.3) is 11.4 Å². The van der Waals surface area contributed by atoms with E-state index in [2.05, 4.69) is 62.6 Å². The van der Waals surface area contributed by atoms with Crippen LogP contribution in [0.2, 0.25) is 0 Å². The van der Waals surface area contributed by atoms with Crippen molar-refractivity contribution in [3.8, 4) is 11.4 Å². The quantitative estimate of drug-likeness (QED) is 0.680. The van der Waals surface area contributed by atoms with E-state index >= 15 is 0 Å². The van der Waals surface area contributed by atoms with E-state index in [1.807, 2.05) is 37.3 Å². The first kappa shape index (κ1) is 18.3. The fourth-order valence-corrected chi connectivity index (χ4v) is 3.00. The van der Waals surface area contributed by atoms with Gasteiger partial charge in [0.1, 0.15) is 6.54 Å². The van der Waals surface area contributed by atoms with Crippen LogP contribution in [0, 0.1) is 6.92 Å². The molecule has 134 valence electrons. The van der Waals surface area contributed by atoms with Gasteiger partial charge in [-0.2, -0.15) is 4.80 Å². The summed E-state index contributed by atoms with van der Waals surface area (Å²) in [4.78, 5) is 13.5. The van der Waals surface area contributed by atoms with Gasteiger partial charge in [-0.05, 0) is 47.4 Å². The topological polar surface area (TPSA) is 72.7 Å². The normalized spacial score (nSPS) is 11.0. The minimum atomic E-state index is -0.200. The molecule has 2 aromatic carbocycles. The lowest BCUT2D eigenvalue weighted by atomic mass is 10.0. The van der Waals surface area contributed by atoms with Crippen molar-refractivity contribution in [2.24, 2.45) is 0 Å². The maximum absolute atomic E-state index is 12.2. The lowest BCUT2D eigenvalue weighted by Crippen LogP contribution is -2.20. The van der Waals surface area contributed by atoms with Gasteiger partial charge in [-0.3, -0.25) is 4.79 Å². The van der Waals surface area contributed by atoms with Gasteiger partial charge in [-0.15, -0.1) is 10.2 Å². The van der Waals surface area contributed by atoms with Crippen molar-refractivity contribution in [3.05, 3.63) is 58.1 Å². The van der Waals surface area contributed by atoms with Crippen molar-refractivity contribution in [3.63, 3.8) is 0 Å². The molecule has 1 aromatic heterocycles. The second-order valence-corrected chi connectivity index (χ2v) is 7.34. The van der Waals surface area contributed by atoms with Crippen LogP contribution in [-0.2, 0) is 11.3 Å². The van der Waals surface area contributed by atoms with Gasteiger partial charge in [0.2, 0.25) is 11.7 Å². The molecule has 1 amide bonds. The molecule has 1 heterocycles. The molecule has 0 saturated heterocycles. The summed E-state index contributed by atoms with van der Waals surface area (Å²) < 4.78 is 0.971. The number of carbonyl (C=O) groups is 1. The Bertz CT molecular complexity index is 918. The van der Waals surface area contributed by atoms with Crippen LogP contribution in [-0.4, -0.2) is 26.1 Å². The van der Waals surface area contributed by atoms with Gasteiger partial charge in [0.05, 0.1) is 0 Å². The fraction of sp³-hybridized carbons (Fsp3) is 0.263. The van der Waals surface area contributed by atoms with Gasteiger partial charge in [0, 0.05) is 15.7 Å². The molecule has 6 nitrogen and oxygen atoms in total. The minimum absolute atomic E-state index is 0.00653. The van der Waals surface area contributed by atoms with Crippen molar-refractivity contribution in [1.29, 1.82) is 0 Å². The second-order valence-electron chi connectivity index (χ2n) is 6.43. The number of halogens is 1. The highest BCUT2D eigenvalue weighted by Crippen LogP contribution is 2.21. The SMILES string of the molecule is Cc1cc(Br)ccc1NC(=O)Cn1nnc(-c2ccc(C(C)C)cc2)n1. The molecule has 0 aliphatic rings.